The van der Waals surface area contributed by atoms with E-state index in [1.165, 1.54) is 16.7 Å². The number of fused-ring (bicyclic) bond motifs is 2. The quantitative estimate of drug-likeness (QED) is 0.133. The average molecular weight is 507 g/mol. The summed E-state index contributed by atoms with van der Waals surface area (Å²) in [5, 5.41) is 8.18. The van der Waals surface area contributed by atoms with Gasteiger partial charge in [0, 0.05) is 10.8 Å². The first-order valence-corrected chi connectivity index (χ1v) is 13.1. The van der Waals surface area contributed by atoms with Gasteiger partial charge >= 0.3 is 5.97 Å². The van der Waals surface area contributed by atoms with Crippen molar-refractivity contribution in [3.63, 3.8) is 0 Å². The molecule has 0 aliphatic carbocycles. The molecule has 3 nitrogen and oxygen atoms in total. The molecule has 0 N–H and O–H groups in total. The largest absolute Gasteiger partial charge is 0.456 e. The van der Waals surface area contributed by atoms with Gasteiger partial charge in [0.25, 0.3) is 0 Å². The molecule has 0 unspecified atom stereocenters. The lowest BCUT2D eigenvalue weighted by Gasteiger charge is -2.09. The average Bonchev–Trinajstić information content (AvgIpc) is 3.65. The number of carbonyl (C=O) groups excluding carboxylic acids is 1. The number of hydrogen-bond acceptors (Lipinski definition) is 5. The predicted octanol–water partition coefficient (Wildman–Crippen LogP) is 9.07. The Morgan fingerprint density at radius 3 is 1.61 bits per heavy atom. The zero-order valence-electron chi connectivity index (χ0n) is 19.3. The highest BCUT2D eigenvalue weighted by Gasteiger charge is 2.11. The number of thiophene rings is 2. The van der Waals surface area contributed by atoms with Crippen LogP contribution >= 0.6 is 22.7 Å². The van der Waals surface area contributed by atoms with E-state index in [0.717, 1.165) is 26.8 Å². The molecule has 0 amide bonds. The van der Waals surface area contributed by atoms with Crippen molar-refractivity contribution < 1.29 is 14.3 Å². The first-order valence-electron chi connectivity index (χ1n) is 11.3. The van der Waals surface area contributed by atoms with Gasteiger partial charge in [0.2, 0.25) is 0 Å². The monoisotopic (exact) mass is 506 g/mol. The van der Waals surface area contributed by atoms with E-state index in [1.807, 2.05) is 95.7 Å². The van der Waals surface area contributed by atoms with E-state index >= 15 is 0 Å². The van der Waals surface area contributed by atoms with Gasteiger partial charge in [-0.25, -0.2) is 4.79 Å². The van der Waals surface area contributed by atoms with Crippen LogP contribution in [-0.2, 0) is 0 Å². The maximum atomic E-state index is 11.9. The lowest BCUT2D eigenvalue weighted by molar-refractivity contribution is 0.0742. The van der Waals surface area contributed by atoms with Crippen LogP contribution in [0.2, 0.25) is 0 Å². The standard InChI is InChI=1S/C16H12OS.C15H10O2S/c1-12(16-10-5-11-18-16)17-15-9-4-7-13-6-2-3-8-14(13)15;16-15(14-9-4-10-18-14)17-13-8-3-6-11-5-1-2-7-12(11)13/h2-11H,1H2;1-10H. The molecule has 0 atom stereocenters. The fourth-order valence-corrected chi connectivity index (χ4v) is 4.97. The van der Waals surface area contributed by atoms with Crippen molar-refractivity contribution in [3.05, 3.63) is 136 Å². The number of esters is 1. The van der Waals surface area contributed by atoms with E-state index in [1.54, 1.807) is 17.4 Å². The molecular weight excluding hydrogens is 484 g/mol. The van der Waals surface area contributed by atoms with Crippen molar-refractivity contribution in [2.45, 2.75) is 0 Å². The third-order valence-corrected chi connectivity index (χ3v) is 7.21. The second-order valence-electron chi connectivity index (χ2n) is 7.82. The van der Waals surface area contributed by atoms with Crippen LogP contribution in [0.25, 0.3) is 27.3 Å². The molecule has 36 heavy (non-hydrogen) atoms. The molecule has 5 heteroatoms. The smallest absolute Gasteiger partial charge is 0.353 e. The van der Waals surface area contributed by atoms with Crippen LogP contribution in [0.4, 0.5) is 0 Å². The lowest BCUT2D eigenvalue weighted by atomic mass is 10.1. The summed E-state index contributed by atoms with van der Waals surface area (Å²) in [6, 6.07) is 35.4. The molecule has 0 bridgehead atoms. The summed E-state index contributed by atoms with van der Waals surface area (Å²) in [5.41, 5.74) is 0. The molecule has 0 fully saturated rings. The summed E-state index contributed by atoms with van der Waals surface area (Å²) in [6.45, 7) is 3.99. The molecule has 0 aliphatic heterocycles. The van der Waals surface area contributed by atoms with Gasteiger partial charge in [0.1, 0.15) is 22.1 Å². The van der Waals surface area contributed by atoms with Gasteiger partial charge in [-0.05, 0) is 45.8 Å². The Morgan fingerprint density at radius 2 is 1.06 bits per heavy atom. The van der Waals surface area contributed by atoms with Crippen molar-refractivity contribution in [2.75, 3.05) is 0 Å². The van der Waals surface area contributed by atoms with Crippen LogP contribution in [-0.4, -0.2) is 5.97 Å². The second-order valence-corrected chi connectivity index (χ2v) is 9.72. The highest BCUT2D eigenvalue weighted by molar-refractivity contribution is 7.12. The van der Waals surface area contributed by atoms with Gasteiger partial charge in [-0.2, -0.15) is 0 Å². The van der Waals surface area contributed by atoms with Crippen molar-refractivity contribution >= 4 is 55.9 Å². The highest BCUT2D eigenvalue weighted by atomic mass is 32.1. The fraction of sp³-hybridized carbons (Fsp3) is 0. The van der Waals surface area contributed by atoms with Gasteiger partial charge in [-0.3, -0.25) is 0 Å². The summed E-state index contributed by atoms with van der Waals surface area (Å²) in [6.07, 6.45) is 0. The molecular formula is C31H22O3S2. The van der Waals surface area contributed by atoms with E-state index in [0.29, 0.717) is 16.4 Å². The Balaban J connectivity index is 0.000000148. The van der Waals surface area contributed by atoms with Crippen molar-refractivity contribution in [1.82, 2.24) is 0 Å². The van der Waals surface area contributed by atoms with Crippen LogP contribution in [0.5, 0.6) is 11.5 Å². The normalized spacial score (nSPS) is 10.4. The zero-order chi connectivity index (χ0) is 24.7. The summed E-state index contributed by atoms with van der Waals surface area (Å²) in [4.78, 5) is 13.6. The maximum absolute atomic E-state index is 11.9. The molecule has 2 heterocycles. The summed E-state index contributed by atoms with van der Waals surface area (Å²) >= 11 is 3.01. The predicted molar refractivity (Wildman–Crippen MR) is 151 cm³/mol. The zero-order valence-corrected chi connectivity index (χ0v) is 20.9. The molecule has 176 valence electrons. The number of rotatable bonds is 5. The van der Waals surface area contributed by atoms with Crippen molar-refractivity contribution in [2.24, 2.45) is 0 Å². The molecule has 6 aromatic rings. The minimum absolute atomic E-state index is 0.304. The van der Waals surface area contributed by atoms with E-state index in [-0.39, 0.29) is 5.97 Å². The Kier molecular flexibility index (Phi) is 7.22. The SMILES string of the molecule is C=C(Oc1cccc2ccccc12)c1cccs1.O=C(Oc1cccc2ccccc12)c1cccs1. The molecule has 4 aromatic carbocycles. The minimum atomic E-state index is -0.304. The lowest BCUT2D eigenvalue weighted by Crippen LogP contribution is -2.06. The minimum Gasteiger partial charge on any atom is -0.456 e. The Bertz CT molecular complexity index is 1480. The maximum Gasteiger partial charge on any atom is 0.353 e. The molecule has 6 rings (SSSR count). The number of carbonyl (C=O) groups is 1. The highest BCUT2D eigenvalue weighted by Crippen LogP contribution is 2.30. The van der Waals surface area contributed by atoms with Crippen LogP contribution in [0.15, 0.2) is 127 Å². The molecule has 0 radical (unpaired) electrons. The number of hydrogen-bond donors (Lipinski definition) is 0. The van der Waals surface area contributed by atoms with Gasteiger partial charge < -0.3 is 9.47 Å². The summed E-state index contributed by atoms with van der Waals surface area (Å²) in [7, 11) is 0. The molecule has 0 saturated heterocycles. The van der Waals surface area contributed by atoms with Gasteiger partial charge in [0.15, 0.2) is 0 Å². The third kappa shape index (κ3) is 5.38. The Morgan fingerprint density at radius 1 is 0.556 bits per heavy atom. The van der Waals surface area contributed by atoms with E-state index in [9.17, 15) is 4.79 Å². The Labute approximate surface area is 217 Å². The van der Waals surface area contributed by atoms with Crippen LogP contribution < -0.4 is 9.47 Å². The third-order valence-electron chi connectivity index (χ3n) is 5.45. The molecule has 0 spiro atoms. The number of benzene rings is 4. The molecule has 2 aromatic heterocycles. The van der Waals surface area contributed by atoms with Crippen LogP contribution in [0, 0.1) is 0 Å². The summed E-state index contributed by atoms with van der Waals surface area (Å²) in [5.74, 6) is 1.85. The second kappa shape index (κ2) is 11.0. The fourth-order valence-electron chi connectivity index (χ4n) is 3.73. The van der Waals surface area contributed by atoms with Gasteiger partial charge in [-0.1, -0.05) is 91.5 Å². The summed E-state index contributed by atoms with van der Waals surface area (Å²) < 4.78 is 11.3. The Hall–Kier alpha value is -4.19. The molecule has 0 saturated carbocycles. The topological polar surface area (TPSA) is 35.5 Å². The van der Waals surface area contributed by atoms with Gasteiger partial charge in [0.05, 0.1) is 4.88 Å². The van der Waals surface area contributed by atoms with E-state index in [4.69, 9.17) is 9.47 Å². The van der Waals surface area contributed by atoms with Crippen LogP contribution in [0.1, 0.15) is 14.5 Å². The van der Waals surface area contributed by atoms with Crippen molar-refractivity contribution in [1.29, 1.82) is 0 Å². The number of ether oxygens (including phenoxy) is 2. The first-order chi connectivity index (χ1) is 17.7. The van der Waals surface area contributed by atoms with Crippen molar-refractivity contribution in [3.8, 4) is 11.5 Å². The first kappa shape index (κ1) is 23.5. The van der Waals surface area contributed by atoms with Crippen LogP contribution in [0.3, 0.4) is 0 Å². The van der Waals surface area contributed by atoms with E-state index in [2.05, 4.69) is 24.8 Å². The van der Waals surface area contributed by atoms with E-state index < -0.39 is 0 Å². The van der Waals surface area contributed by atoms with Gasteiger partial charge in [-0.15, -0.1) is 22.7 Å². The molecule has 0 aliphatic rings.